The van der Waals surface area contributed by atoms with Gasteiger partial charge in [-0.1, -0.05) is 59.1 Å². The van der Waals surface area contributed by atoms with Gasteiger partial charge >= 0.3 is 0 Å². The molecular weight excluding hydrogens is 504 g/mol. The number of rotatable bonds is 3. The van der Waals surface area contributed by atoms with Crippen LogP contribution in [0.15, 0.2) is 72.8 Å². The van der Waals surface area contributed by atoms with E-state index >= 15 is 0 Å². The van der Waals surface area contributed by atoms with E-state index in [0.717, 1.165) is 22.3 Å². The van der Waals surface area contributed by atoms with Gasteiger partial charge in [-0.2, -0.15) is 8.78 Å². The molecule has 0 aliphatic heterocycles. The van der Waals surface area contributed by atoms with Crippen LogP contribution in [0, 0.1) is 60.8 Å². The zero-order valence-corrected chi connectivity index (χ0v) is 22.0. The molecule has 0 amide bonds. The maximum atomic E-state index is 13.8. The van der Waals surface area contributed by atoms with E-state index in [1.54, 1.807) is 6.92 Å². The topological polar surface area (TPSA) is 18.5 Å². The molecule has 0 spiro atoms. The highest BCUT2D eigenvalue weighted by Gasteiger charge is 2.13. The van der Waals surface area contributed by atoms with Crippen molar-refractivity contribution in [2.24, 2.45) is 0 Å². The van der Waals surface area contributed by atoms with Crippen LogP contribution in [-0.4, -0.2) is 13.7 Å². The SMILES string of the molecule is CCOc1ccc(C#Cc2ccc(C)cc2)c(F)c1F.COc1ccc(C#Cc2ccc(C)cc2)c(F)c1F. The lowest BCUT2D eigenvalue weighted by atomic mass is 10.1. The van der Waals surface area contributed by atoms with Crippen LogP contribution in [0.3, 0.4) is 0 Å². The molecule has 0 bridgehead atoms. The molecule has 0 heterocycles. The first-order chi connectivity index (χ1) is 18.7. The van der Waals surface area contributed by atoms with Crippen LogP contribution >= 0.6 is 0 Å². The van der Waals surface area contributed by atoms with E-state index in [1.807, 2.05) is 62.4 Å². The van der Waals surface area contributed by atoms with E-state index in [1.165, 1.54) is 31.4 Å². The lowest BCUT2D eigenvalue weighted by molar-refractivity contribution is 0.314. The van der Waals surface area contributed by atoms with Gasteiger partial charge in [0, 0.05) is 11.1 Å². The van der Waals surface area contributed by atoms with Crippen LogP contribution in [0.25, 0.3) is 0 Å². The molecule has 4 aromatic rings. The fourth-order valence-electron chi connectivity index (χ4n) is 3.23. The van der Waals surface area contributed by atoms with Crippen molar-refractivity contribution in [1.29, 1.82) is 0 Å². The van der Waals surface area contributed by atoms with Gasteiger partial charge in [-0.25, -0.2) is 8.78 Å². The van der Waals surface area contributed by atoms with Gasteiger partial charge in [0.15, 0.2) is 23.1 Å². The number of hydrogen-bond donors (Lipinski definition) is 0. The number of hydrogen-bond acceptors (Lipinski definition) is 2. The molecule has 0 radical (unpaired) electrons. The fourth-order valence-corrected chi connectivity index (χ4v) is 3.23. The maximum absolute atomic E-state index is 13.8. The Morgan fingerprint density at radius 2 is 0.949 bits per heavy atom. The minimum atomic E-state index is -1.02. The summed E-state index contributed by atoms with van der Waals surface area (Å²) in [5.41, 5.74) is 3.77. The van der Waals surface area contributed by atoms with Crippen LogP contribution in [0.5, 0.6) is 11.5 Å². The Labute approximate surface area is 226 Å². The van der Waals surface area contributed by atoms with Crippen molar-refractivity contribution < 1.29 is 27.0 Å². The zero-order chi connectivity index (χ0) is 28.4. The van der Waals surface area contributed by atoms with Gasteiger partial charge in [0.1, 0.15) is 0 Å². The average molecular weight is 531 g/mol. The molecule has 0 saturated carbocycles. The molecule has 0 atom stereocenters. The number of ether oxygens (including phenoxy) is 2. The molecule has 0 fully saturated rings. The van der Waals surface area contributed by atoms with Gasteiger partial charge in [0.2, 0.25) is 11.6 Å². The molecule has 0 saturated heterocycles. The normalized spacial score (nSPS) is 9.74. The Kier molecular flexibility index (Phi) is 10.2. The second-order valence-electron chi connectivity index (χ2n) is 8.35. The van der Waals surface area contributed by atoms with Crippen LogP contribution in [-0.2, 0) is 0 Å². The molecule has 4 rings (SSSR count). The molecule has 0 aromatic heterocycles. The molecular formula is C33H26F4O2. The highest BCUT2D eigenvalue weighted by Crippen LogP contribution is 2.23. The van der Waals surface area contributed by atoms with Crippen molar-refractivity contribution in [2.75, 3.05) is 13.7 Å². The highest BCUT2D eigenvalue weighted by atomic mass is 19.2. The summed E-state index contributed by atoms with van der Waals surface area (Å²) in [6, 6.07) is 20.6. The van der Waals surface area contributed by atoms with Crippen molar-refractivity contribution in [3.63, 3.8) is 0 Å². The van der Waals surface area contributed by atoms with Crippen molar-refractivity contribution in [3.05, 3.63) is 129 Å². The van der Waals surface area contributed by atoms with Crippen LogP contribution in [0.4, 0.5) is 17.6 Å². The lowest BCUT2D eigenvalue weighted by Gasteiger charge is -2.05. The van der Waals surface area contributed by atoms with E-state index in [4.69, 9.17) is 9.47 Å². The van der Waals surface area contributed by atoms with Gasteiger partial charge in [0.05, 0.1) is 24.8 Å². The summed E-state index contributed by atoms with van der Waals surface area (Å²) in [5, 5.41) is 0. The monoisotopic (exact) mass is 530 g/mol. The molecule has 0 N–H and O–H groups in total. The van der Waals surface area contributed by atoms with Gasteiger partial charge in [-0.05, 0) is 69.3 Å². The minimum Gasteiger partial charge on any atom is -0.494 e. The summed E-state index contributed by atoms with van der Waals surface area (Å²) in [4.78, 5) is 0. The van der Waals surface area contributed by atoms with Gasteiger partial charge in [0.25, 0.3) is 0 Å². The first-order valence-corrected chi connectivity index (χ1v) is 12.0. The standard InChI is InChI=1S/C17H14F2O.C16H12F2O/c1-3-20-15-11-10-14(16(18)17(15)19)9-8-13-6-4-12(2)5-7-13;1-11-3-5-12(6-4-11)7-8-13-9-10-14(19-2)16(18)15(13)17/h4-7,10-11H,3H2,1-2H3;3-6,9-10H,1-2H3. The van der Waals surface area contributed by atoms with Crippen molar-refractivity contribution in [1.82, 2.24) is 0 Å². The first kappa shape index (κ1) is 28.9. The van der Waals surface area contributed by atoms with E-state index in [9.17, 15) is 17.6 Å². The third-order valence-electron chi connectivity index (χ3n) is 5.40. The summed E-state index contributed by atoms with van der Waals surface area (Å²) in [5.74, 6) is 6.67. The smallest absolute Gasteiger partial charge is 0.201 e. The van der Waals surface area contributed by atoms with Gasteiger partial charge < -0.3 is 9.47 Å². The van der Waals surface area contributed by atoms with E-state index in [-0.39, 0.29) is 29.2 Å². The van der Waals surface area contributed by atoms with Gasteiger partial charge in [-0.3, -0.25) is 0 Å². The van der Waals surface area contributed by atoms with E-state index in [0.29, 0.717) is 0 Å². The van der Waals surface area contributed by atoms with Crippen LogP contribution < -0.4 is 9.47 Å². The molecule has 0 aliphatic carbocycles. The van der Waals surface area contributed by atoms with Crippen molar-refractivity contribution in [3.8, 4) is 35.2 Å². The quantitative estimate of drug-likeness (QED) is 0.199. The molecule has 2 nitrogen and oxygen atoms in total. The summed E-state index contributed by atoms with van der Waals surface area (Å²) >= 11 is 0. The first-order valence-electron chi connectivity index (χ1n) is 12.0. The second-order valence-corrected chi connectivity index (χ2v) is 8.35. The van der Waals surface area contributed by atoms with E-state index < -0.39 is 23.3 Å². The Morgan fingerprint density at radius 1 is 0.538 bits per heavy atom. The fraction of sp³-hybridized carbons (Fsp3) is 0.152. The van der Waals surface area contributed by atoms with Crippen LogP contribution in [0.2, 0.25) is 0 Å². The zero-order valence-electron chi connectivity index (χ0n) is 22.0. The molecule has 0 aliphatic rings. The highest BCUT2D eigenvalue weighted by molar-refractivity contribution is 5.47. The minimum absolute atomic E-state index is 0.0128. The predicted octanol–water partition coefficient (Wildman–Crippen LogP) is 7.75. The Bertz CT molecular complexity index is 1550. The summed E-state index contributed by atoms with van der Waals surface area (Å²) in [7, 11) is 1.29. The largest absolute Gasteiger partial charge is 0.494 e. The third kappa shape index (κ3) is 7.90. The van der Waals surface area contributed by atoms with E-state index in [2.05, 4.69) is 23.7 Å². The average Bonchev–Trinajstić information content (AvgIpc) is 2.94. The molecule has 39 heavy (non-hydrogen) atoms. The third-order valence-corrected chi connectivity index (χ3v) is 5.40. The Hall–Kier alpha value is -4.68. The van der Waals surface area contributed by atoms with Crippen molar-refractivity contribution >= 4 is 0 Å². The number of methoxy groups -OCH3 is 1. The predicted molar refractivity (Wildman–Crippen MR) is 145 cm³/mol. The summed E-state index contributed by atoms with van der Waals surface area (Å²) < 4.78 is 64.3. The van der Waals surface area contributed by atoms with Gasteiger partial charge in [-0.15, -0.1) is 0 Å². The Balaban J connectivity index is 0.000000216. The van der Waals surface area contributed by atoms with Crippen molar-refractivity contribution in [2.45, 2.75) is 20.8 Å². The second kappa shape index (κ2) is 13.7. The molecule has 198 valence electrons. The lowest BCUT2D eigenvalue weighted by Crippen LogP contribution is -1.98. The molecule has 0 unspecified atom stereocenters. The number of halogens is 4. The molecule has 6 heteroatoms. The number of benzene rings is 4. The summed E-state index contributed by atoms with van der Waals surface area (Å²) in [6.45, 7) is 5.93. The number of aryl methyl sites for hydroxylation is 2. The Morgan fingerprint density at radius 3 is 1.36 bits per heavy atom. The summed E-state index contributed by atoms with van der Waals surface area (Å²) in [6.07, 6.45) is 0. The molecule has 4 aromatic carbocycles. The van der Waals surface area contributed by atoms with Crippen LogP contribution in [0.1, 0.15) is 40.3 Å². The maximum Gasteiger partial charge on any atom is 0.201 e.